The first-order chi connectivity index (χ1) is 17.7. The number of aromatic nitrogens is 2. The van der Waals surface area contributed by atoms with E-state index >= 15 is 0 Å². The Kier molecular flexibility index (Phi) is 7.97. The summed E-state index contributed by atoms with van der Waals surface area (Å²) in [5.41, 5.74) is 3.79. The standard InChI is InChI=1S/C29H33N3O4S/c1-21(2)17-32-25(16-30-29(32)37(34,35)20-24-12-7-5-10-22(24)3)18-31(19-26-13-9-15-36-26)28(33)27-14-8-6-11-23(27)4/h5-16,21H,17-20H2,1-4H3. The van der Waals surface area contributed by atoms with E-state index in [0.29, 0.717) is 23.6 Å². The zero-order valence-electron chi connectivity index (χ0n) is 21.7. The molecule has 2 aromatic heterocycles. The van der Waals surface area contributed by atoms with Crippen molar-refractivity contribution in [1.82, 2.24) is 14.5 Å². The normalized spacial score (nSPS) is 11.7. The SMILES string of the molecule is Cc1ccccc1CS(=O)(=O)c1ncc(CN(Cc2ccco2)C(=O)c2ccccc2C)n1CC(C)C. The number of carbonyl (C=O) groups excluding carboxylic acids is 1. The highest BCUT2D eigenvalue weighted by atomic mass is 32.2. The van der Waals surface area contributed by atoms with E-state index in [1.807, 2.05) is 76.2 Å². The van der Waals surface area contributed by atoms with Crippen molar-refractivity contribution in [2.75, 3.05) is 0 Å². The molecule has 2 heterocycles. The molecule has 0 bridgehead atoms. The summed E-state index contributed by atoms with van der Waals surface area (Å²) >= 11 is 0. The Balaban J connectivity index is 1.71. The Morgan fingerprint density at radius 1 is 0.973 bits per heavy atom. The van der Waals surface area contributed by atoms with Gasteiger partial charge in [0.25, 0.3) is 5.91 Å². The summed E-state index contributed by atoms with van der Waals surface area (Å²) in [6.07, 6.45) is 3.15. The minimum absolute atomic E-state index is 0.0285. The molecule has 0 saturated heterocycles. The van der Waals surface area contributed by atoms with Crippen molar-refractivity contribution < 1.29 is 17.6 Å². The molecule has 0 aliphatic heterocycles. The lowest BCUT2D eigenvalue weighted by molar-refractivity contribution is 0.0712. The fourth-order valence-electron chi connectivity index (χ4n) is 4.34. The first kappa shape index (κ1) is 26.4. The van der Waals surface area contributed by atoms with Crippen LogP contribution in [-0.2, 0) is 35.2 Å². The molecule has 1 amide bonds. The Morgan fingerprint density at radius 3 is 2.32 bits per heavy atom. The van der Waals surface area contributed by atoms with E-state index in [2.05, 4.69) is 4.98 Å². The van der Waals surface area contributed by atoms with Gasteiger partial charge in [0.15, 0.2) is 0 Å². The van der Waals surface area contributed by atoms with Gasteiger partial charge >= 0.3 is 0 Å². The van der Waals surface area contributed by atoms with Crippen molar-refractivity contribution in [2.24, 2.45) is 5.92 Å². The second kappa shape index (κ2) is 11.2. The molecule has 194 valence electrons. The predicted molar refractivity (Wildman–Crippen MR) is 143 cm³/mol. The Labute approximate surface area is 218 Å². The quantitative estimate of drug-likeness (QED) is 0.274. The molecule has 4 aromatic rings. The third-order valence-electron chi connectivity index (χ3n) is 6.28. The molecule has 0 N–H and O–H groups in total. The average Bonchev–Trinajstić information content (AvgIpc) is 3.50. The predicted octanol–water partition coefficient (Wildman–Crippen LogP) is 5.57. The van der Waals surface area contributed by atoms with Gasteiger partial charge in [-0.2, -0.15) is 0 Å². The summed E-state index contributed by atoms with van der Waals surface area (Å²) in [6, 6.07) is 18.5. The number of hydrogen-bond acceptors (Lipinski definition) is 5. The topological polar surface area (TPSA) is 85.4 Å². The van der Waals surface area contributed by atoms with Crippen LogP contribution in [0.25, 0.3) is 0 Å². The molecule has 0 atom stereocenters. The maximum Gasteiger partial charge on any atom is 0.254 e. The van der Waals surface area contributed by atoms with Gasteiger partial charge in [-0.25, -0.2) is 13.4 Å². The van der Waals surface area contributed by atoms with Gasteiger partial charge in [-0.05, 0) is 54.7 Å². The second-order valence-corrected chi connectivity index (χ2v) is 11.7. The zero-order valence-corrected chi connectivity index (χ0v) is 22.5. The van der Waals surface area contributed by atoms with Crippen LogP contribution in [0.1, 0.15) is 52.3 Å². The lowest BCUT2D eigenvalue weighted by atomic mass is 10.1. The number of carbonyl (C=O) groups is 1. The van der Waals surface area contributed by atoms with Gasteiger partial charge < -0.3 is 13.9 Å². The molecule has 0 aliphatic rings. The van der Waals surface area contributed by atoms with Crippen LogP contribution >= 0.6 is 0 Å². The molecule has 0 radical (unpaired) electrons. The fraction of sp³-hybridized carbons (Fsp3) is 0.310. The van der Waals surface area contributed by atoms with E-state index in [4.69, 9.17) is 4.42 Å². The smallest absolute Gasteiger partial charge is 0.254 e. The third kappa shape index (κ3) is 6.20. The Morgan fingerprint density at radius 2 is 1.68 bits per heavy atom. The molecule has 0 aliphatic carbocycles. The van der Waals surface area contributed by atoms with Crippen molar-refractivity contribution in [3.8, 4) is 0 Å². The highest BCUT2D eigenvalue weighted by Gasteiger charge is 2.27. The van der Waals surface area contributed by atoms with E-state index in [9.17, 15) is 13.2 Å². The van der Waals surface area contributed by atoms with Gasteiger partial charge in [0, 0.05) is 12.1 Å². The number of rotatable bonds is 10. The lowest BCUT2D eigenvalue weighted by Crippen LogP contribution is -2.32. The number of furan rings is 1. The highest BCUT2D eigenvalue weighted by molar-refractivity contribution is 7.90. The summed E-state index contributed by atoms with van der Waals surface area (Å²) in [5.74, 6) is 0.526. The van der Waals surface area contributed by atoms with Crippen LogP contribution in [0, 0.1) is 19.8 Å². The summed E-state index contributed by atoms with van der Waals surface area (Å²) in [7, 11) is -3.73. The van der Waals surface area contributed by atoms with E-state index in [0.717, 1.165) is 16.7 Å². The minimum Gasteiger partial charge on any atom is -0.467 e. The van der Waals surface area contributed by atoms with Crippen molar-refractivity contribution in [2.45, 2.75) is 58.2 Å². The number of benzene rings is 2. The van der Waals surface area contributed by atoms with Gasteiger partial charge in [-0.1, -0.05) is 56.3 Å². The Bertz CT molecular complexity index is 1470. The number of hydrogen-bond donors (Lipinski definition) is 0. The molecule has 4 rings (SSSR count). The number of amides is 1. The monoisotopic (exact) mass is 519 g/mol. The van der Waals surface area contributed by atoms with E-state index in [-0.39, 0.29) is 35.8 Å². The molecule has 0 fully saturated rings. The maximum absolute atomic E-state index is 13.6. The summed E-state index contributed by atoms with van der Waals surface area (Å²) < 4.78 is 34.4. The van der Waals surface area contributed by atoms with Crippen molar-refractivity contribution >= 4 is 15.7 Å². The Hall–Kier alpha value is -3.65. The zero-order chi connectivity index (χ0) is 26.6. The van der Waals surface area contributed by atoms with Crippen LogP contribution in [0.5, 0.6) is 0 Å². The van der Waals surface area contributed by atoms with Gasteiger partial charge in [0.1, 0.15) is 5.76 Å². The summed E-state index contributed by atoms with van der Waals surface area (Å²) in [5, 5.41) is 0.0285. The first-order valence-electron chi connectivity index (χ1n) is 12.3. The molecule has 37 heavy (non-hydrogen) atoms. The van der Waals surface area contributed by atoms with Crippen LogP contribution in [0.15, 0.2) is 82.7 Å². The first-order valence-corrected chi connectivity index (χ1v) is 14.0. The minimum atomic E-state index is -3.73. The molecular weight excluding hydrogens is 486 g/mol. The fourth-order valence-corrected chi connectivity index (χ4v) is 5.94. The highest BCUT2D eigenvalue weighted by Crippen LogP contribution is 2.23. The van der Waals surface area contributed by atoms with Crippen molar-refractivity contribution in [3.05, 3.63) is 107 Å². The molecule has 2 aromatic carbocycles. The molecule has 0 spiro atoms. The van der Waals surface area contributed by atoms with Gasteiger partial charge in [0.2, 0.25) is 15.0 Å². The van der Waals surface area contributed by atoms with Crippen molar-refractivity contribution in [3.63, 3.8) is 0 Å². The van der Waals surface area contributed by atoms with Crippen molar-refractivity contribution in [1.29, 1.82) is 0 Å². The van der Waals surface area contributed by atoms with Crippen LogP contribution in [0.2, 0.25) is 0 Å². The number of nitrogens with zero attached hydrogens (tertiary/aromatic N) is 3. The number of sulfone groups is 1. The molecule has 8 heteroatoms. The summed E-state index contributed by atoms with van der Waals surface area (Å²) in [6.45, 7) is 8.76. The van der Waals surface area contributed by atoms with Gasteiger partial charge in [-0.3, -0.25) is 4.79 Å². The lowest BCUT2D eigenvalue weighted by Gasteiger charge is -2.24. The van der Waals surface area contributed by atoms with Gasteiger partial charge in [-0.15, -0.1) is 0 Å². The van der Waals surface area contributed by atoms with E-state index in [1.165, 1.54) is 0 Å². The van der Waals surface area contributed by atoms with Crippen LogP contribution in [-0.4, -0.2) is 28.8 Å². The van der Waals surface area contributed by atoms with Crippen LogP contribution < -0.4 is 0 Å². The van der Waals surface area contributed by atoms with Crippen LogP contribution in [0.3, 0.4) is 0 Å². The van der Waals surface area contributed by atoms with E-state index < -0.39 is 9.84 Å². The maximum atomic E-state index is 13.6. The number of imidazole rings is 1. The molecule has 0 saturated carbocycles. The van der Waals surface area contributed by atoms with Gasteiger partial charge in [0.05, 0.1) is 37.0 Å². The third-order valence-corrected chi connectivity index (χ3v) is 7.85. The van der Waals surface area contributed by atoms with E-state index in [1.54, 1.807) is 34.1 Å². The molecular formula is C29H33N3O4S. The van der Waals surface area contributed by atoms with Crippen LogP contribution in [0.4, 0.5) is 0 Å². The average molecular weight is 520 g/mol. The summed E-state index contributed by atoms with van der Waals surface area (Å²) in [4.78, 5) is 19.7. The molecule has 7 nitrogen and oxygen atoms in total. The molecule has 0 unspecified atom stereocenters. The number of aryl methyl sites for hydroxylation is 2. The second-order valence-electron chi connectivity index (χ2n) is 9.78. The largest absolute Gasteiger partial charge is 0.467 e.